The minimum Gasteiger partial charge on any atom is -0.391 e. The Morgan fingerprint density at radius 2 is 2.10 bits per heavy atom. The van der Waals surface area contributed by atoms with Crippen LogP contribution in [0.5, 0.6) is 0 Å². The quantitative estimate of drug-likeness (QED) is 0.912. The van der Waals surface area contributed by atoms with Crippen LogP contribution in [-0.2, 0) is 6.18 Å². The Morgan fingerprint density at radius 1 is 1.38 bits per heavy atom. The molecule has 1 N–H and O–H groups in total. The van der Waals surface area contributed by atoms with E-state index in [0.717, 1.165) is 25.0 Å². The van der Waals surface area contributed by atoms with Crippen molar-refractivity contribution >= 4 is 5.91 Å². The maximum absolute atomic E-state index is 12.7. The van der Waals surface area contributed by atoms with E-state index in [0.29, 0.717) is 13.0 Å². The lowest BCUT2D eigenvalue weighted by Crippen LogP contribution is -2.48. The number of benzene rings is 1. The SMILES string of the molecule is C[C@@H](O)[C@H]1CCCCN1C(=O)c1cccc(C(F)(F)F)c1. The van der Waals surface area contributed by atoms with Gasteiger partial charge in [-0.3, -0.25) is 4.79 Å². The van der Waals surface area contributed by atoms with Gasteiger partial charge in [-0.25, -0.2) is 0 Å². The molecule has 2 rings (SSSR count). The first-order valence-corrected chi connectivity index (χ1v) is 6.97. The molecule has 1 aliphatic rings. The second-order valence-electron chi connectivity index (χ2n) is 5.38. The Labute approximate surface area is 121 Å². The molecule has 0 radical (unpaired) electrons. The number of hydrogen-bond acceptors (Lipinski definition) is 2. The number of amides is 1. The molecule has 0 bridgehead atoms. The monoisotopic (exact) mass is 301 g/mol. The number of carbonyl (C=O) groups is 1. The predicted octanol–water partition coefficient (Wildman–Crippen LogP) is 3.08. The summed E-state index contributed by atoms with van der Waals surface area (Å²) in [6, 6.07) is 4.10. The molecule has 0 saturated carbocycles. The third kappa shape index (κ3) is 3.56. The third-order valence-electron chi connectivity index (χ3n) is 3.80. The van der Waals surface area contributed by atoms with Crippen molar-refractivity contribution in [2.24, 2.45) is 0 Å². The highest BCUT2D eigenvalue weighted by molar-refractivity contribution is 5.94. The van der Waals surface area contributed by atoms with Gasteiger partial charge in [-0.1, -0.05) is 6.07 Å². The van der Waals surface area contributed by atoms with Gasteiger partial charge in [0.25, 0.3) is 5.91 Å². The highest BCUT2D eigenvalue weighted by Gasteiger charge is 2.33. The van der Waals surface area contributed by atoms with E-state index in [9.17, 15) is 23.1 Å². The van der Waals surface area contributed by atoms with E-state index >= 15 is 0 Å². The highest BCUT2D eigenvalue weighted by atomic mass is 19.4. The molecule has 1 aliphatic heterocycles. The largest absolute Gasteiger partial charge is 0.416 e. The summed E-state index contributed by atoms with van der Waals surface area (Å²) in [5.74, 6) is -0.452. The van der Waals surface area contributed by atoms with Gasteiger partial charge in [0.05, 0.1) is 17.7 Å². The van der Waals surface area contributed by atoms with Crippen LogP contribution in [0.1, 0.15) is 42.1 Å². The fourth-order valence-electron chi connectivity index (χ4n) is 2.71. The van der Waals surface area contributed by atoms with E-state index in [-0.39, 0.29) is 11.6 Å². The number of halogens is 3. The van der Waals surface area contributed by atoms with Crippen molar-refractivity contribution in [1.29, 1.82) is 0 Å². The average molecular weight is 301 g/mol. The van der Waals surface area contributed by atoms with Gasteiger partial charge in [-0.15, -0.1) is 0 Å². The molecular formula is C15H18F3NO2. The average Bonchev–Trinajstić information content (AvgIpc) is 2.45. The molecule has 1 amide bonds. The lowest BCUT2D eigenvalue weighted by molar-refractivity contribution is -0.137. The van der Waals surface area contributed by atoms with Crippen molar-refractivity contribution < 1.29 is 23.1 Å². The molecule has 0 unspecified atom stereocenters. The van der Waals surface area contributed by atoms with Gasteiger partial charge in [0, 0.05) is 12.1 Å². The second-order valence-corrected chi connectivity index (χ2v) is 5.38. The van der Waals surface area contributed by atoms with Crippen LogP contribution in [0.3, 0.4) is 0 Å². The van der Waals surface area contributed by atoms with Gasteiger partial charge >= 0.3 is 6.18 Å². The van der Waals surface area contributed by atoms with Crippen LogP contribution in [0.2, 0.25) is 0 Å². The number of alkyl halides is 3. The summed E-state index contributed by atoms with van der Waals surface area (Å²) >= 11 is 0. The molecule has 3 nitrogen and oxygen atoms in total. The summed E-state index contributed by atoms with van der Waals surface area (Å²) in [5, 5.41) is 9.75. The number of likely N-dealkylation sites (tertiary alicyclic amines) is 1. The van der Waals surface area contributed by atoms with Crippen molar-refractivity contribution in [2.45, 2.75) is 44.5 Å². The van der Waals surface area contributed by atoms with Crippen LogP contribution in [0, 0.1) is 0 Å². The van der Waals surface area contributed by atoms with Crippen LogP contribution in [0.15, 0.2) is 24.3 Å². The Morgan fingerprint density at radius 3 is 2.71 bits per heavy atom. The smallest absolute Gasteiger partial charge is 0.391 e. The van der Waals surface area contributed by atoms with Gasteiger partial charge < -0.3 is 10.0 Å². The van der Waals surface area contributed by atoms with Crippen molar-refractivity contribution in [3.8, 4) is 0 Å². The number of aliphatic hydroxyl groups is 1. The minimum atomic E-state index is -4.47. The van der Waals surface area contributed by atoms with Crippen LogP contribution in [-0.4, -0.2) is 34.6 Å². The first kappa shape index (κ1) is 15.8. The van der Waals surface area contributed by atoms with Crippen LogP contribution in [0.4, 0.5) is 13.2 Å². The van der Waals surface area contributed by atoms with Gasteiger partial charge in [0.15, 0.2) is 0 Å². The molecule has 0 aliphatic carbocycles. The minimum absolute atomic E-state index is 0.0115. The van der Waals surface area contributed by atoms with Gasteiger partial charge in [0.1, 0.15) is 0 Å². The number of rotatable bonds is 2. The van der Waals surface area contributed by atoms with Crippen LogP contribution in [0.25, 0.3) is 0 Å². The molecule has 1 heterocycles. The van der Waals surface area contributed by atoms with E-state index in [2.05, 4.69) is 0 Å². The normalized spacial score (nSPS) is 21.2. The molecule has 1 saturated heterocycles. The topological polar surface area (TPSA) is 40.5 Å². The maximum atomic E-state index is 12.7. The van der Waals surface area contributed by atoms with Crippen LogP contribution >= 0.6 is 0 Å². The second kappa shape index (κ2) is 6.05. The number of piperidine rings is 1. The van der Waals surface area contributed by atoms with Gasteiger partial charge in [-0.2, -0.15) is 13.2 Å². The zero-order valence-electron chi connectivity index (χ0n) is 11.7. The van der Waals surface area contributed by atoms with E-state index < -0.39 is 23.8 Å². The lowest BCUT2D eigenvalue weighted by atomic mass is 9.97. The fraction of sp³-hybridized carbons (Fsp3) is 0.533. The molecule has 6 heteroatoms. The van der Waals surface area contributed by atoms with E-state index in [1.165, 1.54) is 17.0 Å². The van der Waals surface area contributed by atoms with E-state index in [1.807, 2.05) is 0 Å². The van der Waals surface area contributed by atoms with Crippen molar-refractivity contribution in [2.75, 3.05) is 6.54 Å². The molecule has 21 heavy (non-hydrogen) atoms. The Hall–Kier alpha value is -1.56. The summed E-state index contributed by atoms with van der Waals surface area (Å²) in [5.41, 5.74) is -0.823. The third-order valence-corrected chi connectivity index (χ3v) is 3.80. The Bertz CT molecular complexity index is 514. The number of hydrogen-bond donors (Lipinski definition) is 1. The molecule has 1 aromatic rings. The first-order valence-electron chi connectivity index (χ1n) is 6.97. The molecule has 2 atom stereocenters. The molecule has 0 aromatic heterocycles. The fourth-order valence-corrected chi connectivity index (χ4v) is 2.71. The maximum Gasteiger partial charge on any atom is 0.416 e. The highest BCUT2D eigenvalue weighted by Crippen LogP contribution is 2.30. The molecule has 1 aromatic carbocycles. The molecule has 0 spiro atoms. The zero-order chi connectivity index (χ0) is 15.6. The van der Waals surface area contributed by atoms with E-state index in [1.54, 1.807) is 6.92 Å². The predicted molar refractivity (Wildman–Crippen MR) is 71.8 cm³/mol. The number of aliphatic hydroxyl groups excluding tert-OH is 1. The van der Waals surface area contributed by atoms with E-state index in [4.69, 9.17) is 0 Å². The molecule has 1 fully saturated rings. The van der Waals surface area contributed by atoms with Gasteiger partial charge in [0.2, 0.25) is 0 Å². The summed E-state index contributed by atoms with van der Waals surface area (Å²) in [6.45, 7) is 2.06. The standard InChI is InChI=1S/C15H18F3NO2/c1-10(20)13-7-2-3-8-19(13)14(21)11-5-4-6-12(9-11)15(16,17)18/h4-6,9-10,13,20H,2-3,7-8H2,1H3/t10-,13-/m1/s1. The zero-order valence-corrected chi connectivity index (χ0v) is 11.7. The lowest BCUT2D eigenvalue weighted by Gasteiger charge is -2.37. The van der Waals surface area contributed by atoms with Crippen molar-refractivity contribution in [1.82, 2.24) is 4.90 Å². The Balaban J connectivity index is 2.26. The summed E-state index contributed by atoms with van der Waals surface area (Å²) in [7, 11) is 0. The number of nitrogens with zero attached hydrogens (tertiary/aromatic N) is 1. The molecular weight excluding hydrogens is 283 g/mol. The summed E-state index contributed by atoms with van der Waals surface area (Å²) in [4.78, 5) is 13.9. The van der Waals surface area contributed by atoms with Crippen molar-refractivity contribution in [3.63, 3.8) is 0 Å². The summed E-state index contributed by atoms with van der Waals surface area (Å²) < 4.78 is 38.1. The first-order chi connectivity index (χ1) is 9.80. The van der Waals surface area contributed by atoms with Gasteiger partial charge in [-0.05, 0) is 44.4 Å². The van der Waals surface area contributed by atoms with Crippen LogP contribution < -0.4 is 0 Å². The number of carbonyl (C=O) groups excluding carboxylic acids is 1. The van der Waals surface area contributed by atoms with Crippen molar-refractivity contribution in [3.05, 3.63) is 35.4 Å². The Kier molecular flexibility index (Phi) is 4.56. The summed E-state index contributed by atoms with van der Waals surface area (Å²) in [6.07, 6.45) is -2.79. The molecule has 116 valence electrons.